The van der Waals surface area contributed by atoms with Gasteiger partial charge in [-0.2, -0.15) is 0 Å². The number of nitrogens with one attached hydrogen (secondary N) is 1. The van der Waals surface area contributed by atoms with Crippen LogP contribution >= 0.6 is 0 Å². The second kappa shape index (κ2) is 7.94. The Hall–Kier alpha value is -1.88. The van der Waals surface area contributed by atoms with E-state index in [2.05, 4.69) is 5.32 Å². The number of hydrogen-bond acceptors (Lipinski definition) is 3. The summed E-state index contributed by atoms with van der Waals surface area (Å²) >= 11 is 0. The molecule has 1 aliphatic rings. The molecular weight excluding hydrogens is 280 g/mol. The lowest BCUT2D eigenvalue weighted by atomic mass is 9.97. The first kappa shape index (κ1) is 16.5. The molecule has 1 aromatic rings. The average molecular weight is 304 g/mol. The lowest BCUT2D eigenvalue weighted by Crippen LogP contribution is -2.44. The first-order valence-electron chi connectivity index (χ1n) is 7.70. The number of hydrogen-bond donors (Lipinski definition) is 1. The monoisotopic (exact) mass is 304 g/mol. The number of carbonyl (C=O) groups excluding carboxylic acids is 2. The van der Waals surface area contributed by atoms with Crippen molar-refractivity contribution in [1.82, 2.24) is 10.2 Å². The van der Waals surface area contributed by atoms with Crippen molar-refractivity contribution in [3.05, 3.63) is 35.4 Å². The zero-order valence-corrected chi connectivity index (χ0v) is 13.3. The third-order valence-corrected chi connectivity index (χ3v) is 4.11. The molecule has 1 aromatic carbocycles. The van der Waals surface area contributed by atoms with Crippen molar-refractivity contribution in [2.75, 3.05) is 20.2 Å². The van der Waals surface area contributed by atoms with E-state index in [1.54, 1.807) is 18.9 Å². The zero-order valence-electron chi connectivity index (χ0n) is 13.3. The number of benzene rings is 1. The van der Waals surface area contributed by atoms with Crippen LogP contribution in [0.25, 0.3) is 0 Å². The van der Waals surface area contributed by atoms with E-state index in [-0.39, 0.29) is 17.7 Å². The second-order valence-corrected chi connectivity index (χ2v) is 5.72. The number of piperidine rings is 1. The number of rotatable bonds is 5. The molecule has 0 radical (unpaired) electrons. The molecule has 0 aliphatic carbocycles. The fraction of sp³-hybridized carbons (Fsp3) is 0.529. The molecule has 1 heterocycles. The van der Waals surface area contributed by atoms with Gasteiger partial charge in [0, 0.05) is 33.7 Å². The minimum Gasteiger partial charge on any atom is -0.380 e. The Morgan fingerprint density at radius 1 is 1.32 bits per heavy atom. The fourth-order valence-electron chi connectivity index (χ4n) is 2.83. The molecule has 1 atom stereocenters. The molecule has 1 fully saturated rings. The lowest BCUT2D eigenvalue weighted by Gasteiger charge is -2.31. The lowest BCUT2D eigenvalue weighted by molar-refractivity contribution is -0.134. The highest BCUT2D eigenvalue weighted by molar-refractivity contribution is 5.80. The van der Waals surface area contributed by atoms with Gasteiger partial charge in [-0.1, -0.05) is 24.3 Å². The second-order valence-electron chi connectivity index (χ2n) is 5.72. The van der Waals surface area contributed by atoms with E-state index in [4.69, 9.17) is 4.74 Å². The standard InChI is InChI=1S/C17H24N2O3/c1-13(20)19-9-5-8-15(11-19)17(21)18-10-14-6-3-4-7-16(14)12-22-2/h3-4,6-7,15H,5,8-12H2,1-2H3,(H,18,21)/t15-/m0/s1. The summed E-state index contributed by atoms with van der Waals surface area (Å²) in [6.45, 7) is 3.88. The highest BCUT2D eigenvalue weighted by Crippen LogP contribution is 2.17. The van der Waals surface area contributed by atoms with Crippen LogP contribution in [0.1, 0.15) is 30.9 Å². The summed E-state index contributed by atoms with van der Waals surface area (Å²) < 4.78 is 5.18. The molecule has 1 N–H and O–H groups in total. The topological polar surface area (TPSA) is 58.6 Å². The van der Waals surface area contributed by atoms with Gasteiger partial charge in [0.2, 0.25) is 11.8 Å². The van der Waals surface area contributed by atoms with Gasteiger partial charge in [-0.05, 0) is 24.0 Å². The van der Waals surface area contributed by atoms with Gasteiger partial charge < -0.3 is 15.0 Å². The molecule has 5 nitrogen and oxygen atoms in total. The Kier molecular flexibility index (Phi) is 5.95. The number of methoxy groups -OCH3 is 1. The van der Waals surface area contributed by atoms with Crippen molar-refractivity contribution in [2.45, 2.75) is 32.9 Å². The summed E-state index contributed by atoms with van der Waals surface area (Å²) in [5.74, 6) is -0.0339. The van der Waals surface area contributed by atoms with Gasteiger partial charge in [0.1, 0.15) is 0 Å². The van der Waals surface area contributed by atoms with E-state index in [1.807, 2.05) is 24.3 Å². The first-order valence-corrected chi connectivity index (χ1v) is 7.70. The van der Waals surface area contributed by atoms with E-state index in [9.17, 15) is 9.59 Å². The molecule has 120 valence electrons. The molecule has 5 heteroatoms. The van der Waals surface area contributed by atoms with E-state index in [0.29, 0.717) is 19.7 Å². The summed E-state index contributed by atoms with van der Waals surface area (Å²) in [5, 5.41) is 2.99. The summed E-state index contributed by atoms with van der Waals surface area (Å²) in [6, 6.07) is 7.92. The first-order chi connectivity index (χ1) is 10.6. The van der Waals surface area contributed by atoms with Gasteiger partial charge in [-0.25, -0.2) is 0 Å². The predicted molar refractivity (Wildman–Crippen MR) is 84.0 cm³/mol. The van der Waals surface area contributed by atoms with Crippen molar-refractivity contribution in [2.24, 2.45) is 5.92 Å². The largest absolute Gasteiger partial charge is 0.380 e. The molecular formula is C17H24N2O3. The van der Waals surface area contributed by atoms with E-state index in [0.717, 1.165) is 30.5 Å². The van der Waals surface area contributed by atoms with Gasteiger partial charge in [-0.3, -0.25) is 9.59 Å². The third-order valence-electron chi connectivity index (χ3n) is 4.11. The molecule has 0 saturated carbocycles. The van der Waals surface area contributed by atoms with Crippen molar-refractivity contribution in [1.29, 1.82) is 0 Å². The van der Waals surface area contributed by atoms with Crippen LogP contribution in [0.3, 0.4) is 0 Å². The van der Waals surface area contributed by atoms with Gasteiger partial charge in [0.05, 0.1) is 12.5 Å². The number of ether oxygens (including phenoxy) is 1. The number of carbonyl (C=O) groups is 2. The molecule has 1 aliphatic heterocycles. The zero-order chi connectivity index (χ0) is 15.9. The Bertz CT molecular complexity index is 530. The average Bonchev–Trinajstić information content (AvgIpc) is 2.54. The summed E-state index contributed by atoms with van der Waals surface area (Å²) in [7, 11) is 1.66. The highest BCUT2D eigenvalue weighted by atomic mass is 16.5. The van der Waals surface area contributed by atoms with Crippen LogP contribution in [0.5, 0.6) is 0 Å². The maximum atomic E-state index is 12.3. The summed E-state index contributed by atoms with van der Waals surface area (Å²) in [6.07, 6.45) is 1.73. The molecule has 2 rings (SSSR count). The van der Waals surface area contributed by atoms with E-state index >= 15 is 0 Å². The van der Waals surface area contributed by atoms with Crippen molar-refractivity contribution < 1.29 is 14.3 Å². The summed E-state index contributed by atoms with van der Waals surface area (Å²) in [5.41, 5.74) is 2.15. The Labute approximate surface area is 131 Å². The minimum absolute atomic E-state index is 0.0261. The van der Waals surface area contributed by atoms with E-state index in [1.165, 1.54) is 0 Å². The Balaban J connectivity index is 1.91. The third kappa shape index (κ3) is 4.31. The molecule has 0 bridgehead atoms. The SMILES string of the molecule is COCc1ccccc1CNC(=O)[C@H]1CCCN(C(C)=O)C1. The Morgan fingerprint density at radius 3 is 2.73 bits per heavy atom. The van der Waals surface area contributed by atoms with Crippen molar-refractivity contribution in [3.63, 3.8) is 0 Å². The highest BCUT2D eigenvalue weighted by Gasteiger charge is 2.26. The maximum absolute atomic E-state index is 12.3. The van der Waals surface area contributed by atoms with Crippen LogP contribution in [0.15, 0.2) is 24.3 Å². The van der Waals surface area contributed by atoms with Crippen LogP contribution < -0.4 is 5.32 Å². The normalized spacial score (nSPS) is 18.1. The van der Waals surface area contributed by atoms with Crippen molar-refractivity contribution in [3.8, 4) is 0 Å². The number of nitrogens with zero attached hydrogens (tertiary/aromatic N) is 1. The van der Waals surface area contributed by atoms with Gasteiger partial charge in [0.25, 0.3) is 0 Å². The van der Waals surface area contributed by atoms with E-state index < -0.39 is 0 Å². The van der Waals surface area contributed by atoms with Crippen molar-refractivity contribution >= 4 is 11.8 Å². The molecule has 2 amide bonds. The number of amides is 2. The maximum Gasteiger partial charge on any atom is 0.225 e. The molecule has 0 spiro atoms. The van der Waals surface area contributed by atoms with Gasteiger partial charge in [-0.15, -0.1) is 0 Å². The number of likely N-dealkylation sites (tertiary alicyclic amines) is 1. The Morgan fingerprint density at radius 2 is 2.05 bits per heavy atom. The van der Waals surface area contributed by atoms with Crippen LogP contribution in [0.2, 0.25) is 0 Å². The quantitative estimate of drug-likeness (QED) is 0.901. The molecule has 1 saturated heterocycles. The fourth-order valence-corrected chi connectivity index (χ4v) is 2.83. The van der Waals surface area contributed by atoms with Crippen LogP contribution in [0.4, 0.5) is 0 Å². The molecule has 22 heavy (non-hydrogen) atoms. The predicted octanol–water partition coefficient (Wildman–Crippen LogP) is 1.71. The van der Waals surface area contributed by atoms with Crippen LogP contribution in [-0.4, -0.2) is 36.9 Å². The molecule has 0 unspecified atom stereocenters. The van der Waals surface area contributed by atoms with Gasteiger partial charge >= 0.3 is 0 Å². The van der Waals surface area contributed by atoms with Crippen LogP contribution in [-0.2, 0) is 27.5 Å². The van der Waals surface area contributed by atoms with Crippen LogP contribution in [0, 0.1) is 5.92 Å². The smallest absolute Gasteiger partial charge is 0.225 e. The minimum atomic E-state index is -0.104. The summed E-state index contributed by atoms with van der Waals surface area (Å²) in [4.78, 5) is 25.5. The van der Waals surface area contributed by atoms with Gasteiger partial charge in [0.15, 0.2) is 0 Å². The molecule has 0 aromatic heterocycles.